The number of rotatable bonds is 5. The number of hydrogen-bond donors (Lipinski definition) is 1. The molecule has 1 N–H and O–H groups in total. The maximum absolute atomic E-state index is 13.7. The van der Waals surface area contributed by atoms with E-state index in [0.717, 1.165) is 30.6 Å². The molecule has 1 aromatic heterocycles. The molecule has 31 heavy (non-hydrogen) atoms. The Balaban J connectivity index is 1.78. The van der Waals surface area contributed by atoms with Crippen LogP contribution in [0.15, 0.2) is 29.6 Å². The summed E-state index contributed by atoms with van der Waals surface area (Å²) in [4.78, 5) is 29.7. The van der Waals surface area contributed by atoms with Gasteiger partial charge < -0.3 is 19.7 Å². The van der Waals surface area contributed by atoms with Gasteiger partial charge in [0.15, 0.2) is 11.5 Å². The van der Waals surface area contributed by atoms with Crippen molar-refractivity contribution in [3.8, 4) is 11.5 Å². The quantitative estimate of drug-likeness (QED) is 0.692. The summed E-state index contributed by atoms with van der Waals surface area (Å²) in [5.74, 6) is 0.349. The van der Waals surface area contributed by atoms with E-state index in [9.17, 15) is 9.59 Å². The molecule has 0 saturated heterocycles. The first-order valence-electron chi connectivity index (χ1n) is 10.9. The van der Waals surface area contributed by atoms with Crippen LogP contribution in [0, 0.1) is 0 Å². The monoisotopic (exact) mass is 442 g/mol. The van der Waals surface area contributed by atoms with Crippen molar-refractivity contribution in [2.24, 2.45) is 0 Å². The predicted molar refractivity (Wildman–Crippen MR) is 121 cm³/mol. The van der Waals surface area contributed by atoms with Gasteiger partial charge in [0, 0.05) is 23.5 Å². The largest absolute Gasteiger partial charge is 0.493 e. The van der Waals surface area contributed by atoms with Crippen LogP contribution in [0.5, 0.6) is 11.5 Å². The zero-order chi connectivity index (χ0) is 22.0. The van der Waals surface area contributed by atoms with Crippen molar-refractivity contribution < 1.29 is 19.1 Å². The fraction of sp³-hybridized carbons (Fsp3) is 0.500. The first-order chi connectivity index (χ1) is 15.0. The van der Waals surface area contributed by atoms with Crippen LogP contribution in [-0.4, -0.2) is 44.0 Å². The topological polar surface area (TPSA) is 67.9 Å². The number of likely N-dealkylation sites (N-methyl/N-ethyl adjacent to an activating group) is 1. The molecule has 2 heterocycles. The Kier molecular flexibility index (Phi) is 6.51. The Hall–Kier alpha value is -2.54. The van der Waals surface area contributed by atoms with Crippen LogP contribution >= 0.6 is 11.3 Å². The van der Waals surface area contributed by atoms with Crippen molar-refractivity contribution >= 4 is 23.2 Å². The second-order valence-corrected chi connectivity index (χ2v) is 9.32. The minimum absolute atomic E-state index is 0.0295. The van der Waals surface area contributed by atoms with E-state index in [4.69, 9.17) is 9.47 Å². The molecule has 2 aromatic rings. The van der Waals surface area contributed by atoms with E-state index in [2.05, 4.69) is 5.32 Å². The number of amides is 2. The van der Waals surface area contributed by atoms with E-state index < -0.39 is 5.92 Å². The minimum Gasteiger partial charge on any atom is -0.493 e. The second kappa shape index (κ2) is 9.30. The van der Waals surface area contributed by atoms with Gasteiger partial charge in [-0.25, -0.2) is 0 Å². The van der Waals surface area contributed by atoms with Crippen LogP contribution < -0.4 is 14.8 Å². The van der Waals surface area contributed by atoms with Crippen molar-refractivity contribution in [2.75, 3.05) is 21.3 Å². The Bertz CT molecular complexity index is 935. The Morgan fingerprint density at radius 2 is 1.77 bits per heavy atom. The fourth-order valence-electron chi connectivity index (χ4n) is 4.86. The summed E-state index contributed by atoms with van der Waals surface area (Å²) in [5, 5.41) is 5.30. The van der Waals surface area contributed by atoms with Gasteiger partial charge in [-0.1, -0.05) is 31.7 Å². The van der Waals surface area contributed by atoms with Crippen molar-refractivity contribution in [1.29, 1.82) is 0 Å². The lowest BCUT2D eigenvalue weighted by molar-refractivity contribution is -0.124. The van der Waals surface area contributed by atoms with E-state index in [-0.39, 0.29) is 23.9 Å². The highest BCUT2D eigenvalue weighted by atomic mass is 32.1. The zero-order valence-corrected chi connectivity index (χ0v) is 19.2. The molecule has 0 spiro atoms. The molecule has 1 aromatic carbocycles. The van der Waals surface area contributed by atoms with Gasteiger partial charge in [0.05, 0.1) is 26.2 Å². The normalized spacial score (nSPS) is 21.9. The lowest BCUT2D eigenvalue weighted by atomic mass is 9.81. The number of nitrogens with zero attached hydrogens (tertiary/aromatic N) is 1. The van der Waals surface area contributed by atoms with Gasteiger partial charge in [-0.05, 0) is 42.0 Å². The molecular formula is C24H30N2O4S. The molecule has 2 atom stereocenters. The standard InChI is InChI=1S/C24H30N2O4S/c1-26-22(20-11-8-12-31-20)21(23(27)25-15-9-6-4-5-7-10-15)16-13-18(29-2)19(30-3)14-17(16)24(26)28/h8,11-15,21-22H,4-7,9-10H2,1-3H3,(H,25,27)/t21-,22+/m0/s1. The van der Waals surface area contributed by atoms with Gasteiger partial charge in [-0.15, -0.1) is 11.3 Å². The molecule has 0 unspecified atom stereocenters. The third-order valence-corrected chi connectivity index (χ3v) is 7.44. The lowest BCUT2D eigenvalue weighted by Crippen LogP contribution is -2.47. The minimum atomic E-state index is -0.514. The SMILES string of the molecule is COc1cc2c(cc1OC)[C@H](C(=O)NC1CCCCCC1)[C@@H](c1cccs1)N(C)C2=O. The molecule has 1 aliphatic heterocycles. The summed E-state index contributed by atoms with van der Waals surface area (Å²) in [7, 11) is 4.89. The average Bonchev–Trinajstić information content (AvgIpc) is 3.19. The number of carbonyl (C=O) groups is 2. The van der Waals surface area contributed by atoms with E-state index >= 15 is 0 Å². The molecule has 2 amide bonds. The Morgan fingerprint density at radius 1 is 1.10 bits per heavy atom. The van der Waals surface area contributed by atoms with E-state index in [1.807, 2.05) is 17.5 Å². The number of fused-ring (bicyclic) bond motifs is 1. The van der Waals surface area contributed by atoms with Crippen molar-refractivity contribution in [3.63, 3.8) is 0 Å². The smallest absolute Gasteiger partial charge is 0.254 e. The average molecular weight is 443 g/mol. The molecular weight excluding hydrogens is 412 g/mol. The summed E-state index contributed by atoms with van der Waals surface area (Å²) < 4.78 is 10.9. The Labute approximate surface area is 187 Å². The highest BCUT2D eigenvalue weighted by Gasteiger charge is 2.44. The molecule has 1 saturated carbocycles. The number of carbonyl (C=O) groups excluding carboxylic acids is 2. The van der Waals surface area contributed by atoms with Crippen molar-refractivity contribution in [2.45, 2.75) is 56.5 Å². The molecule has 0 bridgehead atoms. The Morgan fingerprint density at radius 3 is 2.39 bits per heavy atom. The van der Waals surface area contributed by atoms with Gasteiger partial charge in [0.25, 0.3) is 5.91 Å². The van der Waals surface area contributed by atoms with Crippen LogP contribution in [0.4, 0.5) is 0 Å². The summed E-state index contributed by atoms with van der Waals surface area (Å²) in [6.45, 7) is 0. The summed E-state index contributed by atoms with van der Waals surface area (Å²) in [6, 6.07) is 7.29. The second-order valence-electron chi connectivity index (χ2n) is 8.35. The van der Waals surface area contributed by atoms with E-state index in [1.165, 1.54) is 12.8 Å². The van der Waals surface area contributed by atoms with Crippen LogP contribution in [0.2, 0.25) is 0 Å². The van der Waals surface area contributed by atoms with Gasteiger partial charge >= 0.3 is 0 Å². The molecule has 1 aliphatic carbocycles. The van der Waals surface area contributed by atoms with Gasteiger partial charge in [0.2, 0.25) is 5.91 Å². The number of thiophene rings is 1. The van der Waals surface area contributed by atoms with Crippen molar-refractivity contribution in [3.05, 3.63) is 45.6 Å². The number of hydrogen-bond acceptors (Lipinski definition) is 5. The van der Waals surface area contributed by atoms with E-state index in [1.54, 1.807) is 49.6 Å². The maximum atomic E-state index is 13.7. The number of ether oxygens (including phenoxy) is 2. The number of methoxy groups -OCH3 is 2. The fourth-order valence-corrected chi connectivity index (χ4v) is 5.77. The zero-order valence-electron chi connectivity index (χ0n) is 18.3. The van der Waals surface area contributed by atoms with Gasteiger partial charge in [0.1, 0.15) is 0 Å². The highest BCUT2D eigenvalue weighted by Crippen LogP contribution is 2.46. The molecule has 2 aliphatic rings. The first kappa shape index (κ1) is 21.7. The van der Waals surface area contributed by atoms with E-state index in [0.29, 0.717) is 22.6 Å². The summed E-state index contributed by atoms with van der Waals surface area (Å²) >= 11 is 1.57. The lowest BCUT2D eigenvalue weighted by Gasteiger charge is -2.39. The summed E-state index contributed by atoms with van der Waals surface area (Å²) in [5.41, 5.74) is 1.19. The molecule has 7 heteroatoms. The van der Waals surface area contributed by atoms with Crippen LogP contribution in [0.25, 0.3) is 0 Å². The molecule has 6 nitrogen and oxygen atoms in total. The maximum Gasteiger partial charge on any atom is 0.254 e. The van der Waals surface area contributed by atoms with Crippen LogP contribution in [-0.2, 0) is 4.79 Å². The number of nitrogens with one attached hydrogen (secondary N) is 1. The van der Waals surface area contributed by atoms with Gasteiger partial charge in [-0.3, -0.25) is 9.59 Å². The third-order valence-electron chi connectivity index (χ3n) is 6.49. The first-order valence-corrected chi connectivity index (χ1v) is 11.8. The molecule has 166 valence electrons. The highest BCUT2D eigenvalue weighted by molar-refractivity contribution is 7.10. The predicted octanol–water partition coefficient (Wildman–Crippen LogP) is 4.51. The van der Waals surface area contributed by atoms with Gasteiger partial charge in [-0.2, -0.15) is 0 Å². The molecule has 4 rings (SSSR count). The summed E-state index contributed by atoms with van der Waals surface area (Å²) in [6.07, 6.45) is 6.76. The van der Waals surface area contributed by atoms with Crippen LogP contribution in [0.3, 0.4) is 0 Å². The third kappa shape index (κ3) is 4.15. The molecule has 1 fully saturated rings. The number of benzene rings is 1. The van der Waals surface area contributed by atoms with Crippen molar-refractivity contribution in [1.82, 2.24) is 10.2 Å². The van der Waals surface area contributed by atoms with Crippen LogP contribution in [0.1, 0.15) is 71.3 Å². The molecule has 0 radical (unpaired) electrons.